The zero-order valence-electron chi connectivity index (χ0n) is 9.35. The number of nitriles is 1. The van der Waals surface area contributed by atoms with Gasteiger partial charge in [-0.1, -0.05) is 42.6 Å². The molecule has 1 rings (SSSR count). The van der Waals surface area contributed by atoms with Crippen LogP contribution in [0.4, 0.5) is 0 Å². The van der Waals surface area contributed by atoms with Gasteiger partial charge in [-0.25, -0.2) is 0 Å². The number of hydrogen-bond donors (Lipinski definition) is 0. The molecule has 0 spiro atoms. The number of hydrogen-bond acceptors (Lipinski definition) is 1. The van der Waals surface area contributed by atoms with E-state index in [9.17, 15) is 0 Å². The van der Waals surface area contributed by atoms with Gasteiger partial charge in [0.1, 0.15) is 0 Å². The fraction of sp³-hybridized carbons (Fsp3) is 0.308. The lowest BCUT2D eigenvalue weighted by atomic mass is 10.1. The Bertz CT molecular complexity index is 435. The van der Waals surface area contributed by atoms with Gasteiger partial charge in [-0.3, -0.25) is 0 Å². The minimum absolute atomic E-state index is 0.509. The minimum Gasteiger partial charge on any atom is -0.193 e. The number of halogens is 2. The Morgan fingerprint density at radius 3 is 2.56 bits per heavy atom. The molecule has 0 atom stereocenters. The first kappa shape index (κ1) is 13.1. The Labute approximate surface area is 106 Å². The zero-order valence-corrected chi connectivity index (χ0v) is 10.9. The van der Waals surface area contributed by atoms with Crippen LogP contribution in [0.1, 0.15) is 30.9 Å². The number of allylic oxidation sites excluding steroid dienone is 1. The van der Waals surface area contributed by atoms with E-state index in [1.54, 1.807) is 6.07 Å². The molecule has 0 aromatic heterocycles. The van der Waals surface area contributed by atoms with Gasteiger partial charge in [0.25, 0.3) is 0 Å². The number of rotatable bonds is 3. The van der Waals surface area contributed by atoms with Gasteiger partial charge in [-0.2, -0.15) is 5.26 Å². The van der Waals surface area contributed by atoms with Crippen molar-refractivity contribution in [2.75, 3.05) is 0 Å². The van der Waals surface area contributed by atoms with Crippen molar-refractivity contribution in [2.24, 2.45) is 0 Å². The molecule has 0 N–H and O–H groups in total. The molecule has 0 unspecified atom stereocenters. The first-order chi connectivity index (χ1) is 7.58. The molecule has 0 amide bonds. The molecular weight excluding hydrogens is 241 g/mol. The number of aryl methyl sites for hydroxylation is 1. The molecule has 1 aromatic rings. The van der Waals surface area contributed by atoms with E-state index in [0.29, 0.717) is 22.0 Å². The van der Waals surface area contributed by atoms with Crippen molar-refractivity contribution in [3.63, 3.8) is 0 Å². The lowest BCUT2D eigenvalue weighted by molar-refractivity contribution is 0.933. The smallest absolute Gasteiger partial charge is 0.0962 e. The van der Waals surface area contributed by atoms with Crippen LogP contribution in [0.15, 0.2) is 23.8 Å². The van der Waals surface area contributed by atoms with Gasteiger partial charge in [0.2, 0.25) is 0 Å². The molecule has 0 radical (unpaired) electrons. The Hall–Kier alpha value is -0.970. The van der Waals surface area contributed by atoms with Crippen molar-refractivity contribution in [1.82, 2.24) is 0 Å². The van der Waals surface area contributed by atoms with Gasteiger partial charge in [0, 0.05) is 10.6 Å². The van der Waals surface area contributed by atoms with Crippen molar-refractivity contribution >= 4 is 28.2 Å². The molecule has 3 heteroatoms. The van der Waals surface area contributed by atoms with E-state index in [1.807, 2.05) is 26.0 Å². The Morgan fingerprint density at radius 2 is 2.06 bits per heavy atom. The van der Waals surface area contributed by atoms with Crippen molar-refractivity contribution in [2.45, 2.75) is 26.7 Å². The summed E-state index contributed by atoms with van der Waals surface area (Å²) in [6.45, 7) is 3.97. The molecule has 0 saturated heterocycles. The third-order valence-corrected chi connectivity index (χ3v) is 2.86. The van der Waals surface area contributed by atoms with Crippen molar-refractivity contribution in [1.29, 1.82) is 5.26 Å². The third-order valence-electron chi connectivity index (χ3n) is 2.20. The summed E-state index contributed by atoms with van der Waals surface area (Å²) in [6, 6.07) is 7.72. The molecule has 1 nitrogen and oxygen atoms in total. The van der Waals surface area contributed by atoms with Gasteiger partial charge in [0.05, 0.1) is 11.1 Å². The van der Waals surface area contributed by atoms with Gasteiger partial charge in [0.15, 0.2) is 0 Å². The molecule has 0 aliphatic heterocycles. The van der Waals surface area contributed by atoms with E-state index in [2.05, 4.69) is 6.07 Å². The summed E-state index contributed by atoms with van der Waals surface area (Å²) in [5.74, 6) is 0. The molecule has 0 aliphatic carbocycles. The fourth-order valence-electron chi connectivity index (χ4n) is 1.50. The predicted molar refractivity (Wildman–Crippen MR) is 69.5 cm³/mol. The predicted octanol–water partition coefficient (Wildman–Crippen LogP) is 4.92. The summed E-state index contributed by atoms with van der Waals surface area (Å²) in [6.07, 6.45) is 1.60. The quantitative estimate of drug-likeness (QED) is 0.702. The van der Waals surface area contributed by atoms with Crippen molar-refractivity contribution in [3.8, 4) is 6.07 Å². The maximum Gasteiger partial charge on any atom is 0.0962 e. The van der Waals surface area contributed by atoms with Crippen molar-refractivity contribution < 1.29 is 0 Å². The lowest BCUT2D eigenvalue weighted by Crippen LogP contribution is -1.87. The van der Waals surface area contributed by atoms with Crippen LogP contribution in [-0.2, 0) is 0 Å². The number of benzene rings is 1. The standard InChI is InChI=1S/C13H13Cl2N/c1-3-4-10(8-16)13(15)11-5-9(2)6-12(14)7-11/h5-7H,3-4H2,1-2H3/b13-10-. The highest BCUT2D eigenvalue weighted by Crippen LogP contribution is 2.28. The largest absolute Gasteiger partial charge is 0.193 e. The molecule has 0 aliphatic rings. The lowest BCUT2D eigenvalue weighted by Gasteiger charge is -2.05. The Balaban J connectivity index is 3.22. The molecule has 84 valence electrons. The zero-order chi connectivity index (χ0) is 12.1. The second-order valence-corrected chi connectivity index (χ2v) is 4.49. The Kier molecular flexibility index (Phi) is 4.86. The minimum atomic E-state index is 0.509. The summed E-state index contributed by atoms with van der Waals surface area (Å²) in [5, 5.41) is 10.2. The monoisotopic (exact) mass is 253 g/mol. The molecule has 1 aromatic carbocycles. The van der Waals surface area contributed by atoms with Crippen LogP contribution in [0.25, 0.3) is 5.03 Å². The van der Waals surface area contributed by atoms with Gasteiger partial charge >= 0.3 is 0 Å². The highest BCUT2D eigenvalue weighted by atomic mass is 35.5. The van der Waals surface area contributed by atoms with Crippen molar-refractivity contribution in [3.05, 3.63) is 39.9 Å². The van der Waals surface area contributed by atoms with E-state index in [4.69, 9.17) is 28.5 Å². The highest BCUT2D eigenvalue weighted by Gasteiger charge is 2.07. The van der Waals surface area contributed by atoms with Crippen LogP contribution >= 0.6 is 23.2 Å². The second kappa shape index (κ2) is 5.94. The van der Waals surface area contributed by atoms with Crippen LogP contribution < -0.4 is 0 Å². The molecule has 0 saturated carbocycles. The van der Waals surface area contributed by atoms with E-state index >= 15 is 0 Å². The summed E-state index contributed by atoms with van der Waals surface area (Å²) in [5.41, 5.74) is 2.47. The van der Waals surface area contributed by atoms with Gasteiger partial charge in [-0.15, -0.1) is 0 Å². The van der Waals surface area contributed by atoms with E-state index in [0.717, 1.165) is 17.5 Å². The molecule has 0 heterocycles. The Morgan fingerprint density at radius 1 is 1.38 bits per heavy atom. The van der Waals surface area contributed by atoms with Crippen LogP contribution in [0.2, 0.25) is 5.02 Å². The van der Waals surface area contributed by atoms with E-state index in [-0.39, 0.29) is 0 Å². The fourth-order valence-corrected chi connectivity index (χ4v) is 2.04. The maximum absolute atomic E-state index is 9.00. The van der Waals surface area contributed by atoms with Gasteiger partial charge < -0.3 is 0 Å². The van der Waals surface area contributed by atoms with Crippen LogP contribution in [0, 0.1) is 18.3 Å². The van der Waals surface area contributed by atoms with Crippen LogP contribution in [-0.4, -0.2) is 0 Å². The molecule has 0 fully saturated rings. The summed E-state index contributed by atoms with van der Waals surface area (Å²) >= 11 is 12.1. The first-order valence-electron chi connectivity index (χ1n) is 5.14. The average Bonchev–Trinajstić information content (AvgIpc) is 2.23. The summed E-state index contributed by atoms with van der Waals surface area (Å²) in [7, 11) is 0. The van der Waals surface area contributed by atoms with E-state index in [1.165, 1.54) is 0 Å². The summed E-state index contributed by atoms with van der Waals surface area (Å²) < 4.78 is 0. The maximum atomic E-state index is 9.00. The molecule has 16 heavy (non-hydrogen) atoms. The SMILES string of the molecule is CCC/C(C#N)=C(/Cl)c1cc(C)cc(Cl)c1. The van der Waals surface area contributed by atoms with Crippen LogP contribution in [0.5, 0.6) is 0 Å². The van der Waals surface area contributed by atoms with E-state index < -0.39 is 0 Å². The average molecular weight is 254 g/mol. The second-order valence-electron chi connectivity index (χ2n) is 3.67. The first-order valence-corrected chi connectivity index (χ1v) is 5.90. The van der Waals surface area contributed by atoms with Gasteiger partial charge in [-0.05, 0) is 36.6 Å². The topological polar surface area (TPSA) is 23.8 Å². The normalized spacial score (nSPS) is 11.9. The number of nitrogens with zero attached hydrogens (tertiary/aromatic N) is 1. The van der Waals surface area contributed by atoms with Crippen LogP contribution in [0.3, 0.4) is 0 Å². The molecular formula is C13H13Cl2N. The summed E-state index contributed by atoms with van der Waals surface area (Å²) in [4.78, 5) is 0. The third kappa shape index (κ3) is 3.27. The highest BCUT2D eigenvalue weighted by molar-refractivity contribution is 6.49. The molecule has 0 bridgehead atoms.